The van der Waals surface area contributed by atoms with Crippen LogP contribution in [-0.2, 0) is 6.18 Å². The van der Waals surface area contributed by atoms with Gasteiger partial charge in [-0.25, -0.2) is 0 Å². The number of hydrogen-bond acceptors (Lipinski definition) is 4. The molecule has 0 amide bonds. The van der Waals surface area contributed by atoms with Gasteiger partial charge in [0.05, 0.1) is 11.6 Å². The molecule has 0 spiro atoms. The first kappa shape index (κ1) is 20.6. The molecule has 1 fully saturated rings. The number of alkyl halides is 3. The van der Waals surface area contributed by atoms with Crippen LogP contribution in [-0.4, -0.2) is 52.6 Å². The van der Waals surface area contributed by atoms with Gasteiger partial charge in [0.25, 0.3) is 0 Å². The van der Waals surface area contributed by atoms with Crippen molar-refractivity contribution in [1.82, 2.24) is 14.8 Å². The van der Waals surface area contributed by atoms with Crippen molar-refractivity contribution in [2.24, 2.45) is 0 Å². The molecule has 1 atom stereocenters. The van der Waals surface area contributed by atoms with Gasteiger partial charge in [-0.1, -0.05) is 31.2 Å². The van der Waals surface area contributed by atoms with Gasteiger partial charge < -0.3 is 10.0 Å². The summed E-state index contributed by atoms with van der Waals surface area (Å²) in [5, 5.41) is 12.6. The fraction of sp³-hybridized carbons (Fsp3) is 0.348. The first-order chi connectivity index (χ1) is 14.4. The fourth-order valence-electron chi connectivity index (χ4n) is 4.17. The average Bonchev–Trinajstić information content (AvgIpc) is 2.76. The van der Waals surface area contributed by atoms with Crippen LogP contribution in [0.5, 0.6) is 5.75 Å². The van der Waals surface area contributed by atoms with Gasteiger partial charge in [-0.15, -0.1) is 0 Å². The SMILES string of the molecule is CCN1CCN(C(c2ccc(C(F)(F)F)cc2)c2ccc3cnccc3c2O)CC1. The number of likely N-dealkylation sites (N-methyl/N-ethyl adjacent to an activating group) is 1. The second-order valence-corrected chi connectivity index (χ2v) is 7.59. The molecule has 3 aromatic rings. The molecule has 0 aliphatic carbocycles. The molecule has 4 nitrogen and oxygen atoms in total. The summed E-state index contributed by atoms with van der Waals surface area (Å²) in [6.07, 6.45) is -1.07. The average molecular weight is 415 g/mol. The van der Waals surface area contributed by atoms with Crippen LogP contribution in [0.2, 0.25) is 0 Å². The maximum absolute atomic E-state index is 13.1. The van der Waals surface area contributed by atoms with E-state index in [9.17, 15) is 18.3 Å². The Hall–Kier alpha value is -2.64. The Kier molecular flexibility index (Phi) is 5.66. The zero-order chi connectivity index (χ0) is 21.3. The summed E-state index contributed by atoms with van der Waals surface area (Å²) in [5.74, 6) is 0.151. The summed E-state index contributed by atoms with van der Waals surface area (Å²) < 4.78 is 39.2. The first-order valence-electron chi connectivity index (χ1n) is 10.1. The maximum Gasteiger partial charge on any atom is 0.416 e. The minimum absolute atomic E-state index is 0.151. The summed E-state index contributed by atoms with van der Waals surface area (Å²) >= 11 is 0. The molecule has 1 aliphatic rings. The predicted molar refractivity (Wildman–Crippen MR) is 110 cm³/mol. The van der Waals surface area contributed by atoms with Crippen LogP contribution in [0, 0.1) is 0 Å². The molecular formula is C23H24F3N3O. The Labute approximate surface area is 173 Å². The Bertz CT molecular complexity index is 1010. The number of rotatable bonds is 4. The van der Waals surface area contributed by atoms with E-state index in [0.29, 0.717) is 10.9 Å². The molecule has 1 aliphatic heterocycles. The van der Waals surface area contributed by atoms with Gasteiger partial charge in [-0.3, -0.25) is 9.88 Å². The number of pyridine rings is 1. The van der Waals surface area contributed by atoms with Crippen LogP contribution in [0.1, 0.15) is 29.7 Å². The number of phenolic OH excluding ortho intramolecular Hbond substituents is 1. The lowest BCUT2D eigenvalue weighted by atomic mass is 9.93. The molecule has 1 aromatic heterocycles. The van der Waals surface area contributed by atoms with Crippen LogP contribution in [0.4, 0.5) is 13.2 Å². The quantitative estimate of drug-likeness (QED) is 0.671. The second-order valence-electron chi connectivity index (χ2n) is 7.59. The topological polar surface area (TPSA) is 39.6 Å². The Balaban J connectivity index is 1.77. The zero-order valence-corrected chi connectivity index (χ0v) is 16.7. The summed E-state index contributed by atoms with van der Waals surface area (Å²) in [4.78, 5) is 8.67. The monoisotopic (exact) mass is 415 g/mol. The highest BCUT2D eigenvalue weighted by molar-refractivity contribution is 5.88. The van der Waals surface area contributed by atoms with Crippen molar-refractivity contribution in [3.05, 3.63) is 71.5 Å². The van der Waals surface area contributed by atoms with Crippen LogP contribution in [0.15, 0.2) is 54.9 Å². The zero-order valence-electron chi connectivity index (χ0n) is 16.7. The maximum atomic E-state index is 13.1. The molecule has 0 saturated carbocycles. The molecule has 1 unspecified atom stereocenters. The van der Waals surface area contributed by atoms with Gasteiger partial charge in [-0.05, 0) is 30.3 Å². The number of piperazine rings is 1. The van der Waals surface area contributed by atoms with Gasteiger partial charge in [-0.2, -0.15) is 13.2 Å². The van der Waals surface area contributed by atoms with Gasteiger partial charge >= 0.3 is 6.18 Å². The molecule has 7 heteroatoms. The van der Waals surface area contributed by atoms with Gasteiger partial charge in [0.1, 0.15) is 5.75 Å². The molecular weight excluding hydrogens is 391 g/mol. The first-order valence-corrected chi connectivity index (χ1v) is 10.1. The number of aromatic hydroxyl groups is 1. The third-order valence-electron chi connectivity index (χ3n) is 5.89. The summed E-state index contributed by atoms with van der Waals surface area (Å²) in [6, 6.07) is 10.5. The van der Waals surface area contributed by atoms with Crippen molar-refractivity contribution >= 4 is 10.8 Å². The van der Waals surface area contributed by atoms with Crippen molar-refractivity contribution in [3.8, 4) is 5.75 Å². The van der Waals surface area contributed by atoms with Crippen molar-refractivity contribution in [2.45, 2.75) is 19.1 Å². The minimum Gasteiger partial charge on any atom is -0.507 e. The number of nitrogens with zero attached hydrogens (tertiary/aromatic N) is 3. The normalized spacial score (nSPS) is 17.3. The lowest BCUT2D eigenvalue weighted by molar-refractivity contribution is -0.137. The van der Waals surface area contributed by atoms with E-state index < -0.39 is 11.7 Å². The van der Waals surface area contributed by atoms with E-state index in [2.05, 4.69) is 21.7 Å². The Morgan fingerprint density at radius 2 is 1.70 bits per heavy atom. The molecule has 1 saturated heterocycles. The smallest absolute Gasteiger partial charge is 0.416 e. The molecule has 158 valence electrons. The molecule has 1 N–H and O–H groups in total. The Morgan fingerprint density at radius 3 is 2.33 bits per heavy atom. The molecule has 2 heterocycles. The summed E-state index contributed by atoms with van der Waals surface area (Å²) in [5.41, 5.74) is 0.754. The van der Waals surface area contributed by atoms with Crippen LogP contribution in [0.3, 0.4) is 0 Å². The number of halogens is 3. The van der Waals surface area contributed by atoms with E-state index in [1.54, 1.807) is 18.5 Å². The highest BCUT2D eigenvalue weighted by Crippen LogP contribution is 2.39. The Morgan fingerprint density at radius 1 is 1.00 bits per heavy atom. The third kappa shape index (κ3) is 4.00. The minimum atomic E-state index is -4.38. The van der Waals surface area contributed by atoms with E-state index in [1.807, 2.05) is 12.1 Å². The van der Waals surface area contributed by atoms with Gasteiger partial charge in [0.15, 0.2) is 0 Å². The fourth-order valence-corrected chi connectivity index (χ4v) is 4.17. The highest BCUT2D eigenvalue weighted by Gasteiger charge is 2.32. The van der Waals surface area contributed by atoms with E-state index in [0.717, 1.165) is 55.8 Å². The lowest BCUT2D eigenvalue weighted by Gasteiger charge is -2.39. The third-order valence-corrected chi connectivity index (χ3v) is 5.89. The van der Waals surface area contributed by atoms with Crippen molar-refractivity contribution in [2.75, 3.05) is 32.7 Å². The molecule has 2 aromatic carbocycles. The van der Waals surface area contributed by atoms with Crippen LogP contribution >= 0.6 is 0 Å². The molecule has 4 rings (SSSR count). The number of aromatic nitrogens is 1. The van der Waals surface area contributed by atoms with E-state index in [1.165, 1.54) is 12.1 Å². The summed E-state index contributed by atoms with van der Waals surface area (Å²) in [7, 11) is 0. The van der Waals surface area contributed by atoms with E-state index in [4.69, 9.17) is 0 Å². The van der Waals surface area contributed by atoms with E-state index >= 15 is 0 Å². The van der Waals surface area contributed by atoms with Crippen molar-refractivity contribution in [3.63, 3.8) is 0 Å². The van der Waals surface area contributed by atoms with Gasteiger partial charge in [0.2, 0.25) is 0 Å². The van der Waals surface area contributed by atoms with Crippen molar-refractivity contribution in [1.29, 1.82) is 0 Å². The number of benzene rings is 2. The largest absolute Gasteiger partial charge is 0.507 e. The number of fused-ring (bicyclic) bond motifs is 1. The molecule has 0 radical (unpaired) electrons. The molecule has 30 heavy (non-hydrogen) atoms. The lowest BCUT2D eigenvalue weighted by Crippen LogP contribution is -2.47. The van der Waals surface area contributed by atoms with E-state index in [-0.39, 0.29) is 11.8 Å². The van der Waals surface area contributed by atoms with Gasteiger partial charge in [0, 0.05) is 54.9 Å². The highest BCUT2D eigenvalue weighted by atomic mass is 19.4. The predicted octanol–water partition coefficient (Wildman–Crippen LogP) is 4.69. The van der Waals surface area contributed by atoms with Crippen molar-refractivity contribution < 1.29 is 18.3 Å². The molecule has 0 bridgehead atoms. The van der Waals surface area contributed by atoms with Crippen LogP contribution in [0.25, 0.3) is 10.8 Å². The number of hydrogen-bond donors (Lipinski definition) is 1. The summed E-state index contributed by atoms with van der Waals surface area (Å²) in [6.45, 7) is 6.39. The standard InChI is InChI=1S/C23H24F3N3O/c1-2-28-11-13-29(14-12-28)21(16-3-6-18(7-4-16)23(24,25)26)20-8-5-17-15-27-10-9-19(17)22(20)30/h3-10,15,21,30H,2,11-14H2,1H3. The van der Waals surface area contributed by atoms with Crippen LogP contribution < -0.4 is 0 Å². The second kappa shape index (κ2) is 8.24. The number of phenols is 1.